The summed E-state index contributed by atoms with van der Waals surface area (Å²) in [5.74, 6) is 0.277. The standard InChI is InChI=1S/C27H28ClN5/c28-24-16-31-27-23(13-14-30-27)25(24)26(32-29)21-11-12-22(15-21)33(17-19-7-3-1-4-8-19)18-20-9-5-2-6-10-20/h1-10,13-14,16,21-22,26,29H,11-12,15,17-18H2,(H,30,31)/t21?,22-,26?/m0/s1. The van der Waals surface area contributed by atoms with Gasteiger partial charge >= 0.3 is 0 Å². The molecule has 0 amide bonds. The van der Waals surface area contributed by atoms with Crippen molar-refractivity contribution in [1.29, 1.82) is 5.53 Å². The molecule has 2 N–H and O–H groups in total. The van der Waals surface area contributed by atoms with Gasteiger partial charge in [0.2, 0.25) is 0 Å². The summed E-state index contributed by atoms with van der Waals surface area (Å²) in [5, 5.41) is 5.66. The van der Waals surface area contributed by atoms with Crippen molar-refractivity contribution in [3.63, 3.8) is 0 Å². The van der Waals surface area contributed by atoms with Crippen molar-refractivity contribution >= 4 is 22.6 Å². The van der Waals surface area contributed by atoms with E-state index in [0.29, 0.717) is 11.1 Å². The van der Waals surface area contributed by atoms with E-state index in [-0.39, 0.29) is 12.0 Å². The zero-order valence-electron chi connectivity index (χ0n) is 18.5. The predicted molar refractivity (Wildman–Crippen MR) is 132 cm³/mol. The second-order valence-corrected chi connectivity index (χ2v) is 9.34. The Morgan fingerprint density at radius 2 is 1.67 bits per heavy atom. The molecule has 0 bridgehead atoms. The summed E-state index contributed by atoms with van der Waals surface area (Å²) in [4.78, 5) is 10.1. The highest BCUT2D eigenvalue weighted by Crippen LogP contribution is 2.44. The van der Waals surface area contributed by atoms with Crippen molar-refractivity contribution in [1.82, 2.24) is 14.9 Å². The van der Waals surface area contributed by atoms with Gasteiger partial charge < -0.3 is 4.98 Å². The molecule has 3 atom stereocenters. The molecule has 1 aliphatic carbocycles. The zero-order valence-corrected chi connectivity index (χ0v) is 19.2. The number of hydrogen-bond acceptors (Lipinski definition) is 4. The van der Waals surface area contributed by atoms with Crippen LogP contribution in [0.3, 0.4) is 0 Å². The van der Waals surface area contributed by atoms with E-state index < -0.39 is 0 Å². The van der Waals surface area contributed by atoms with E-state index in [0.717, 1.165) is 48.9 Å². The molecule has 33 heavy (non-hydrogen) atoms. The number of nitrogens with one attached hydrogen (secondary N) is 2. The molecule has 4 aromatic rings. The molecule has 2 unspecified atom stereocenters. The van der Waals surface area contributed by atoms with E-state index in [1.165, 1.54) is 11.1 Å². The first-order valence-corrected chi connectivity index (χ1v) is 11.9. The van der Waals surface area contributed by atoms with E-state index in [4.69, 9.17) is 17.1 Å². The first-order chi connectivity index (χ1) is 16.2. The smallest absolute Gasteiger partial charge is 0.137 e. The molecule has 0 spiro atoms. The minimum absolute atomic E-state index is 0.251. The van der Waals surface area contributed by atoms with Gasteiger partial charge in [0, 0.05) is 42.5 Å². The molecule has 2 aromatic carbocycles. The third kappa shape index (κ3) is 4.70. The van der Waals surface area contributed by atoms with Crippen molar-refractivity contribution in [2.75, 3.05) is 0 Å². The molecule has 2 aromatic heterocycles. The Morgan fingerprint density at radius 1 is 1.00 bits per heavy atom. The second kappa shape index (κ2) is 9.86. The molecule has 2 heterocycles. The molecule has 0 radical (unpaired) electrons. The molecular formula is C27H28ClN5. The molecular weight excluding hydrogens is 430 g/mol. The van der Waals surface area contributed by atoms with Crippen LogP contribution in [-0.2, 0) is 13.1 Å². The third-order valence-corrected chi connectivity index (χ3v) is 7.18. The number of hydrogen-bond donors (Lipinski definition) is 2. The van der Waals surface area contributed by atoms with Gasteiger partial charge in [0.25, 0.3) is 0 Å². The van der Waals surface area contributed by atoms with Crippen molar-refractivity contribution in [3.8, 4) is 0 Å². The fourth-order valence-corrected chi connectivity index (χ4v) is 5.53. The van der Waals surface area contributed by atoms with Crippen LogP contribution in [0.1, 0.15) is 42.0 Å². The topological polar surface area (TPSA) is 68.1 Å². The van der Waals surface area contributed by atoms with Gasteiger partial charge in [-0.25, -0.2) is 10.5 Å². The number of nitrogens with zero attached hydrogens (tertiary/aromatic N) is 3. The van der Waals surface area contributed by atoms with E-state index in [1.54, 1.807) is 6.20 Å². The summed E-state index contributed by atoms with van der Waals surface area (Å²) < 4.78 is 0. The minimum atomic E-state index is -0.251. The first-order valence-electron chi connectivity index (χ1n) is 11.5. The molecule has 1 aliphatic rings. The Kier molecular flexibility index (Phi) is 6.51. The van der Waals surface area contributed by atoms with Gasteiger partial charge in [0.05, 0.1) is 5.02 Å². The van der Waals surface area contributed by atoms with Crippen LogP contribution in [0.25, 0.3) is 11.0 Å². The fraction of sp³-hybridized carbons (Fsp3) is 0.296. The summed E-state index contributed by atoms with van der Waals surface area (Å²) in [6.45, 7) is 1.82. The van der Waals surface area contributed by atoms with Crippen molar-refractivity contribution in [3.05, 3.63) is 101 Å². The average molecular weight is 458 g/mol. The monoisotopic (exact) mass is 457 g/mol. The number of rotatable bonds is 8. The van der Waals surface area contributed by atoms with E-state index in [1.807, 2.05) is 12.3 Å². The quantitative estimate of drug-likeness (QED) is 0.275. The highest BCUT2D eigenvalue weighted by molar-refractivity contribution is 6.32. The lowest BCUT2D eigenvalue weighted by Crippen LogP contribution is -2.32. The number of halogens is 1. The number of H-pyrrole nitrogens is 1. The largest absolute Gasteiger partial charge is 0.346 e. The third-order valence-electron chi connectivity index (χ3n) is 6.88. The highest BCUT2D eigenvalue weighted by Gasteiger charge is 2.36. The fourth-order valence-electron chi connectivity index (χ4n) is 5.27. The van der Waals surface area contributed by atoms with Crippen LogP contribution in [-0.4, -0.2) is 20.9 Å². The van der Waals surface area contributed by atoms with E-state index >= 15 is 0 Å². The molecule has 5 rings (SSSR count). The van der Waals surface area contributed by atoms with Crippen LogP contribution < -0.4 is 0 Å². The average Bonchev–Trinajstić information content (AvgIpc) is 3.52. The molecule has 1 saturated carbocycles. The highest BCUT2D eigenvalue weighted by atomic mass is 35.5. The van der Waals surface area contributed by atoms with Gasteiger partial charge in [0.15, 0.2) is 0 Å². The Balaban J connectivity index is 1.39. The van der Waals surface area contributed by atoms with Crippen molar-refractivity contribution in [2.45, 2.75) is 44.4 Å². The Labute approximate surface area is 199 Å². The molecule has 6 heteroatoms. The lowest BCUT2D eigenvalue weighted by atomic mass is 9.91. The first kappa shape index (κ1) is 21.8. The number of pyridine rings is 1. The van der Waals surface area contributed by atoms with Crippen LogP contribution in [0.5, 0.6) is 0 Å². The molecule has 0 saturated heterocycles. The van der Waals surface area contributed by atoms with Gasteiger partial charge in [-0.1, -0.05) is 72.3 Å². The lowest BCUT2D eigenvalue weighted by Gasteiger charge is -2.30. The molecule has 1 fully saturated rings. The maximum Gasteiger partial charge on any atom is 0.137 e. The summed E-state index contributed by atoms with van der Waals surface area (Å²) in [6.07, 6.45) is 6.67. The van der Waals surface area contributed by atoms with E-state index in [2.05, 4.69) is 80.6 Å². The van der Waals surface area contributed by atoms with Crippen LogP contribution in [0.4, 0.5) is 0 Å². The maximum absolute atomic E-state index is 8.04. The molecule has 168 valence electrons. The number of aromatic amines is 1. The van der Waals surface area contributed by atoms with Crippen LogP contribution >= 0.6 is 11.6 Å². The van der Waals surface area contributed by atoms with Crippen LogP contribution in [0.2, 0.25) is 5.02 Å². The van der Waals surface area contributed by atoms with Crippen LogP contribution in [0.15, 0.2) is 84.2 Å². The molecule has 0 aliphatic heterocycles. The van der Waals surface area contributed by atoms with E-state index in [9.17, 15) is 0 Å². The Morgan fingerprint density at radius 3 is 2.30 bits per heavy atom. The SMILES string of the molecule is N=NC(c1c(Cl)cnc2[nH]ccc12)C1CC[C@H](N(Cc2ccccc2)Cc2ccccc2)C1. The Bertz CT molecular complexity index is 1170. The number of aromatic nitrogens is 2. The number of fused-ring (bicyclic) bond motifs is 1. The van der Waals surface area contributed by atoms with Crippen LogP contribution in [0, 0.1) is 11.4 Å². The van der Waals surface area contributed by atoms with Crippen molar-refractivity contribution < 1.29 is 0 Å². The predicted octanol–water partition coefficient (Wildman–Crippen LogP) is 7.16. The zero-order chi connectivity index (χ0) is 22.6. The molecule has 5 nitrogen and oxygen atoms in total. The van der Waals surface area contributed by atoms with Gasteiger partial charge in [-0.05, 0) is 42.4 Å². The summed E-state index contributed by atoms with van der Waals surface area (Å²) in [7, 11) is 0. The maximum atomic E-state index is 8.04. The van der Waals surface area contributed by atoms with Crippen molar-refractivity contribution in [2.24, 2.45) is 11.0 Å². The van der Waals surface area contributed by atoms with Gasteiger partial charge in [-0.2, -0.15) is 5.11 Å². The van der Waals surface area contributed by atoms with Gasteiger partial charge in [-0.15, -0.1) is 0 Å². The summed E-state index contributed by atoms with van der Waals surface area (Å²) in [6, 6.07) is 23.5. The summed E-state index contributed by atoms with van der Waals surface area (Å²) >= 11 is 6.60. The van der Waals surface area contributed by atoms with Gasteiger partial charge in [0.1, 0.15) is 11.7 Å². The van der Waals surface area contributed by atoms with Gasteiger partial charge in [-0.3, -0.25) is 4.90 Å². The lowest BCUT2D eigenvalue weighted by molar-refractivity contribution is 0.174. The Hall–Kier alpha value is -3.02. The minimum Gasteiger partial charge on any atom is -0.346 e. The summed E-state index contributed by atoms with van der Waals surface area (Å²) in [5.41, 5.74) is 12.4. The second-order valence-electron chi connectivity index (χ2n) is 8.94. The normalized spacial score (nSPS) is 19.2. The number of benzene rings is 2.